The smallest absolute Gasteiger partial charge is 0.160 e. The maximum atomic E-state index is 5.22. The first-order chi connectivity index (χ1) is 27.8. The summed E-state index contributed by atoms with van der Waals surface area (Å²) in [4.78, 5) is 10.3. The van der Waals surface area contributed by atoms with Gasteiger partial charge in [-0.05, 0) is 54.1 Å². The summed E-state index contributed by atoms with van der Waals surface area (Å²) >= 11 is 0. The monoisotopic (exact) mass is 714 g/mol. The Bertz CT molecular complexity index is 3120. The van der Waals surface area contributed by atoms with Crippen LogP contribution in [0.3, 0.4) is 0 Å². The van der Waals surface area contributed by atoms with Gasteiger partial charge in [-0.2, -0.15) is 0 Å². The Morgan fingerprint density at radius 1 is 0.304 bits per heavy atom. The standard InChI is InChI=1S/C52H34N4/c1-4-16-35(17-5-1)40-30-28-38(46-34-45(36-18-6-2-7-19-36)53-52(54-46)37-20-8-3-9-21-37)32-51(40)56-49-27-15-12-24-43(49)44-33-39(29-31-50(44)56)55-47-25-13-10-22-41(47)42-23-11-14-26-48(42)55/h1-34H. The molecule has 0 bridgehead atoms. The van der Waals surface area contributed by atoms with Crippen molar-refractivity contribution in [1.29, 1.82) is 0 Å². The summed E-state index contributed by atoms with van der Waals surface area (Å²) in [5.74, 6) is 0.699. The molecular weight excluding hydrogens is 681 g/mol. The molecule has 0 atom stereocenters. The van der Waals surface area contributed by atoms with Crippen LogP contribution in [0.4, 0.5) is 0 Å². The average molecular weight is 715 g/mol. The van der Waals surface area contributed by atoms with Crippen LogP contribution in [0.25, 0.3) is 100 Å². The van der Waals surface area contributed by atoms with Gasteiger partial charge in [-0.1, -0.05) is 158 Å². The van der Waals surface area contributed by atoms with E-state index in [0.29, 0.717) is 5.82 Å². The van der Waals surface area contributed by atoms with E-state index < -0.39 is 0 Å². The fraction of sp³-hybridized carbons (Fsp3) is 0. The zero-order valence-electron chi connectivity index (χ0n) is 30.4. The number of para-hydroxylation sites is 3. The third kappa shape index (κ3) is 5.23. The van der Waals surface area contributed by atoms with Crippen LogP contribution in [0.15, 0.2) is 206 Å². The Morgan fingerprint density at radius 2 is 0.786 bits per heavy atom. The summed E-state index contributed by atoms with van der Waals surface area (Å²) in [5.41, 5.74) is 14.0. The van der Waals surface area contributed by atoms with Crippen LogP contribution in [-0.4, -0.2) is 19.1 Å². The third-order valence-corrected chi connectivity index (χ3v) is 10.9. The van der Waals surface area contributed by atoms with Crippen LogP contribution in [0.1, 0.15) is 0 Å². The molecule has 0 aliphatic rings. The normalized spacial score (nSPS) is 11.6. The summed E-state index contributed by atoms with van der Waals surface area (Å²) < 4.78 is 4.83. The van der Waals surface area contributed by atoms with Gasteiger partial charge in [0.1, 0.15) is 0 Å². The number of hydrogen-bond donors (Lipinski definition) is 0. The molecule has 0 spiro atoms. The molecule has 0 saturated heterocycles. The molecule has 8 aromatic carbocycles. The van der Waals surface area contributed by atoms with E-state index >= 15 is 0 Å². The van der Waals surface area contributed by atoms with Gasteiger partial charge in [0.15, 0.2) is 5.82 Å². The third-order valence-electron chi connectivity index (χ3n) is 10.9. The van der Waals surface area contributed by atoms with Gasteiger partial charge in [0.25, 0.3) is 0 Å². The zero-order chi connectivity index (χ0) is 37.0. The van der Waals surface area contributed by atoms with E-state index in [9.17, 15) is 0 Å². The molecule has 0 saturated carbocycles. The van der Waals surface area contributed by atoms with E-state index in [0.717, 1.165) is 61.6 Å². The first-order valence-electron chi connectivity index (χ1n) is 19.0. The van der Waals surface area contributed by atoms with Gasteiger partial charge in [0, 0.05) is 49.5 Å². The summed E-state index contributed by atoms with van der Waals surface area (Å²) in [6.45, 7) is 0. The maximum Gasteiger partial charge on any atom is 0.160 e. The Hall–Kier alpha value is -7.56. The molecule has 11 rings (SSSR count). The van der Waals surface area contributed by atoms with Gasteiger partial charge < -0.3 is 9.13 Å². The number of hydrogen-bond acceptors (Lipinski definition) is 2. The molecule has 0 radical (unpaired) electrons. The summed E-state index contributed by atoms with van der Waals surface area (Å²) in [6.07, 6.45) is 0. The lowest BCUT2D eigenvalue weighted by Crippen LogP contribution is -2.00. The highest BCUT2D eigenvalue weighted by molar-refractivity contribution is 6.12. The van der Waals surface area contributed by atoms with Gasteiger partial charge in [-0.3, -0.25) is 0 Å². The van der Waals surface area contributed by atoms with Crippen molar-refractivity contribution in [2.45, 2.75) is 0 Å². The van der Waals surface area contributed by atoms with Gasteiger partial charge in [-0.25, -0.2) is 9.97 Å². The number of nitrogens with zero attached hydrogens (tertiary/aromatic N) is 4. The van der Waals surface area contributed by atoms with Crippen LogP contribution in [0.5, 0.6) is 0 Å². The van der Waals surface area contributed by atoms with E-state index in [-0.39, 0.29) is 0 Å². The molecule has 4 nitrogen and oxygen atoms in total. The highest BCUT2D eigenvalue weighted by atomic mass is 15.0. The van der Waals surface area contributed by atoms with E-state index in [1.54, 1.807) is 0 Å². The predicted octanol–water partition coefficient (Wildman–Crippen LogP) is 13.3. The van der Waals surface area contributed by atoms with Gasteiger partial charge in [-0.15, -0.1) is 0 Å². The van der Waals surface area contributed by atoms with Crippen molar-refractivity contribution in [1.82, 2.24) is 19.1 Å². The number of fused-ring (bicyclic) bond motifs is 6. The number of aromatic nitrogens is 4. The zero-order valence-corrected chi connectivity index (χ0v) is 30.4. The van der Waals surface area contributed by atoms with Crippen LogP contribution in [0, 0.1) is 0 Å². The highest BCUT2D eigenvalue weighted by Crippen LogP contribution is 2.40. The second kappa shape index (κ2) is 13.1. The second-order valence-corrected chi connectivity index (χ2v) is 14.2. The Labute approximate surface area is 324 Å². The molecule has 0 unspecified atom stereocenters. The predicted molar refractivity (Wildman–Crippen MR) is 232 cm³/mol. The molecule has 3 aromatic heterocycles. The largest absolute Gasteiger partial charge is 0.309 e. The first kappa shape index (κ1) is 31.9. The first-order valence-corrected chi connectivity index (χ1v) is 19.0. The minimum Gasteiger partial charge on any atom is -0.309 e. The quantitative estimate of drug-likeness (QED) is 0.172. The summed E-state index contributed by atoms with van der Waals surface area (Å²) in [5, 5.41) is 4.91. The van der Waals surface area contributed by atoms with Gasteiger partial charge >= 0.3 is 0 Å². The van der Waals surface area contributed by atoms with Crippen LogP contribution < -0.4 is 0 Å². The minimum absolute atomic E-state index is 0.699. The molecule has 0 aliphatic carbocycles. The second-order valence-electron chi connectivity index (χ2n) is 14.2. The fourth-order valence-corrected chi connectivity index (χ4v) is 8.37. The molecule has 262 valence electrons. The lowest BCUT2D eigenvalue weighted by atomic mass is 9.99. The van der Waals surface area contributed by atoms with Crippen molar-refractivity contribution in [3.63, 3.8) is 0 Å². The maximum absolute atomic E-state index is 5.22. The Kier molecular flexibility index (Phi) is 7.46. The summed E-state index contributed by atoms with van der Waals surface area (Å²) in [6, 6.07) is 73.3. The summed E-state index contributed by atoms with van der Waals surface area (Å²) in [7, 11) is 0. The molecule has 56 heavy (non-hydrogen) atoms. The minimum atomic E-state index is 0.699. The number of rotatable bonds is 6. The van der Waals surface area contributed by atoms with E-state index in [4.69, 9.17) is 9.97 Å². The number of benzene rings is 8. The fourth-order valence-electron chi connectivity index (χ4n) is 8.37. The lowest BCUT2D eigenvalue weighted by Gasteiger charge is -2.17. The molecule has 0 N–H and O–H groups in total. The molecule has 11 aromatic rings. The molecule has 3 heterocycles. The van der Waals surface area contributed by atoms with Crippen molar-refractivity contribution < 1.29 is 0 Å². The van der Waals surface area contributed by atoms with Crippen molar-refractivity contribution >= 4 is 43.6 Å². The van der Waals surface area contributed by atoms with Crippen molar-refractivity contribution in [3.05, 3.63) is 206 Å². The van der Waals surface area contributed by atoms with Crippen molar-refractivity contribution in [2.75, 3.05) is 0 Å². The van der Waals surface area contributed by atoms with Gasteiger partial charge in [0.05, 0.1) is 39.1 Å². The Morgan fingerprint density at radius 3 is 1.41 bits per heavy atom. The highest BCUT2D eigenvalue weighted by Gasteiger charge is 2.20. The molecule has 0 fully saturated rings. The topological polar surface area (TPSA) is 35.6 Å². The SMILES string of the molecule is c1ccc(-c2cc(-c3ccc(-c4ccccc4)c(-n4c5ccccc5c5cc(-n6c7ccccc7c7ccccc76)ccc54)c3)nc(-c3ccccc3)n2)cc1. The van der Waals surface area contributed by atoms with Crippen LogP contribution in [0.2, 0.25) is 0 Å². The van der Waals surface area contributed by atoms with Crippen LogP contribution >= 0.6 is 0 Å². The average Bonchev–Trinajstić information content (AvgIpc) is 3.79. The lowest BCUT2D eigenvalue weighted by molar-refractivity contribution is 1.16. The molecule has 0 aliphatic heterocycles. The Balaban J connectivity index is 1.16. The van der Waals surface area contributed by atoms with Crippen molar-refractivity contribution in [2.24, 2.45) is 0 Å². The van der Waals surface area contributed by atoms with E-state index in [1.807, 2.05) is 24.3 Å². The van der Waals surface area contributed by atoms with Gasteiger partial charge in [0.2, 0.25) is 0 Å². The van der Waals surface area contributed by atoms with E-state index in [1.165, 1.54) is 32.6 Å². The van der Waals surface area contributed by atoms with E-state index in [2.05, 4.69) is 191 Å². The van der Waals surface area contributed by atoms with Crippen molar-refractivity contribution in [3.8, 4) is 56.4 Å². The molecule has 4 heteroatoms. The van der Waals surface area contributed by atoms with Crippen LogP contribution in [-0.2, 0) is 0 Å². The molecule has 0 amide bonds. The molecular formula is C52H34N4.